The van der Waals surface area contributed by atoms with Gasteiger partial charge in [-0.25, -0.2) is 0 Å². The van der Waals surface area contributed by atoms with Gasteiger partial charge in [-0.05, 0) is 67.8 Å². The Kier molecular flexibility index (Phi) is 5.99. The first-order valence-electron chi connectivity index (χ1n) is 9.22. The summed E-state index contributed by atoms with van der Waals surface area (Å²) in [5.41, 5.74) is 5.46. The summed E-state index contributed by atoms with van der Waals surface area (Å²) in [4.78, 5) is 12.8. The second-order valence-electron chi connectivity index (χ2n) is 6.78. The van der Waals surface area contributed by atoms with E-state index in [-0.39, 0.29) is 5.91 Å². The lowest BCUT2D eigenvalue weighted by molar-refractivity contribution is 0.102. The molecule has 0 aliphatic heterocycles. The Bertz CT molecular complexity index is 995. The Labute approximate surface area is 166 Å². The van der Waals surface area contributed by atoms with Gasteiger partial charge in [-0.2, -0.15) is 0 Å². The summed E-state index contributed by atoms with van der Waals surface area (Å²) in [6, 6.07) is 19.1. The third-order valence-corrected chi connectivity index (χ3v) is 4.87. The standard InChI is InChI=1S/C24H25NO3/c1-16-9-7-10-21(18(16)3)25-24(26)19-12-13-23(27-4)20(14-19)15-28-22-11-6-5-8-17(22)2/h5-14H,15H2,1-4H3,(H,25,26). The minimum atomic E-state index is -0.159. The Hall–Kier alpha value is -3.27. The molecule has 0 fully saturated rings. The van der Waals surface area contributed by atoms with Crippen LogP contribution >= 0.6 is 0 Å². The highest BCUT2D eigenvalue weighted by Crippen LogP contribution is 2.25. The first-order chi connectivity index (χ1) is 13.5. The van der Waals surface area contributed by atoms with Gasteiger partial charge in [-0.15, -0.1) is 0 Å². The largest absolute Gasteiger partial charge is 0.496 e. The molecule has 0 radical (unpaired) electrons. The van der Waals surface area contributed by atoms with Gasteiger partial charge in [0, 0.05) is 16.8 Å². The van der Waals surface area contributed by atoms with Crippen LogP contribution in [0.15, 0.2) is 60.7 Å². The molecule has 3 aromatic rings. The highest BCUT2D eigenvalue weighted by atomic mass is 16.5. The van der Waals surface area contributed by atoms with Crippen LogP contribution in [-0.2, 0) is 6.61 Å². The Morgan fingerprint density at radius 2 is 1.64 bits per heavy atom. The van der Waals surface area contributed by atoms with Gasteiger partial charge in [0.1, 0.15) is 18.1 Å². The molecule has 3 aromatic carbocycles. The second-order valence-corrected chi connectivity index (χ2v) is 6.78. The smallest absolute Gasteiger partial charge is 0.255 e. The molecule has 0 aliphatic rings. The number of aryl methyl sites for hydroxylation is 2. The number of carbonyl (C=O) groups is 1. The summed E-state index contributed by atoms with van der Waals surface area (Å²) in [6.07, 6.45) is 0. The van der Waals surface area contributed by atoms with Crippen molar-refractivity contribution in [2.75, 3.05) is 12.4 Å². The summed E-state index contributed by atoms with van der Waals surface area (Å²) >= 11 is 0. The van der Waals surface area contributed by atoms with Crippen molar-refractivity contribution in [2.24, 2.45) is 0 Å². The van der Waals surface area contributed by atoms with Crippen molar-refractivity contribution >= 4 is 11.6 Å². The van der Waals surface area contributed by atoms with Crippen LogP contribution in [0.25, 0.3) is 0 Å². The van der Waals surface area contributed by atoms with E-state index in [0.717, 1.165) is 33.7 Å². The lowest BCUT2D eigenvalue weighted by Gasteiger charge is -2.14. The summed E-state index contributed by atoms with van der Waals surface area (Å²) < 4.78 is 11.4. The molecular weight excluding hydrogens is 350 g/mol. The lowest BCUT2D eigenvalue weighted by atomic mass is 10.1. The second kappa shape index (κ2) is 8.61. The van der Waals surface area contributed by atoms with Crippen LogP contribution in [0.4, 0.5) is 5.69 Å². The van der Waals surface area contributed by atoms with E-state index in [1.54, 1.807) is 19.2 Å². The van der Waals surface area contributed by atoms with Crippen LogP contribution in [0.3, 0.4) is 0 Å². The normalized spacial score (nSPS) is 10.4. The Balaban J connectivity index is 1.80. The zero-order valence-corrected chi connectivity index (χ0v) is 16.7. The monoisotopic (exact) mass is 375 g/mol. The van der Waals surface area contributed by atoms with E-state index in [1.165, 1.54) is 0 Å². The topological polar surface area (TPSA) is 47.6 Å². The highest BCUT2D eigenvalue weighted by Gasteiger charge is 2.13. The molecule has 0 atom stereocenters. The van der Waals surface area contributed by atoms with Crippen molar-refractivity contribution in [1.82, 2.24) is 0 Å². The number of benzene rings is 3. The molecule has 1 amide bonds. The molecule has 0 saturated carbocycles. The number of hydrogen-bond donors (Lipinski definition) is 1. The van der Waals surface area contributed by atoms with E-state index in [1.807, 2.05) is 69.3 Å². The van der Waals surface area contributed by atoms with Gasteiger partial charge in [-0.3, -0.25) is 4.79 Å². The van der Waals surface area contributed by atoms with Gasteiger partial charge < -0.3 is 14.8 Å². The first kappa shape index (κ1) is 19.5. The summed E-state index contributed by atoms with van der Waals surface area (Å²) in [6.45, 7) is 6.35. The number of carbonyl (C=O) groups excluding carboxylic acids is 1. The minimum absolute atomic E-state index is 0.159. The van der Waals surface area contributed by atoms with E-state index in [2.05, 4.69) is 5.32 Å². The molecule has 0 spiro atoms. The minimum Gasteiger partial charge on any atom is -0.496 e. The fourth-order valence-electron chi connectivity index (χ4n) is 2.99. The molecule has 0 aliphatic carbocycles. The van der Waals surface area contributed by atoms with Gasteiger partial charge in [0.2, 0.25) is 0 Å². The molecule has 28 heavy (non-hydrogen) atoms. The quantitative estimate of drug-likeness (QED) is 0.623. The van der Waals surface area contributed by atoms with E-state index in [9.17, 15) is 4.79 Å². The third-order valence-electron chi connectivity index (χ3n) is 4.87. The summed E-state index contributed by atoms with van der Waals surface area (Å²) in [5, 5.41) is 2.99. The van der Waals surface area contributed by atoms with Crippen molar-refractivity contribution < 1.29 is 14.3 Å². The number of hydrogen-bond acceptors (Lipinski definition) is 3. The average molecular weight is 375 g/mol. The fraction of sp³-hybridized carbons (Fsp3) is 0.208. The van der Waals surface area contributed by atoms with Crippen molar-refractivity contribution in [1.29, 1.82) is 0 Å². The first-order valence-corrected chi connectivity index (χ1v) is 9.22. The highest BCUT2D eigenvalue weighted by molar-refractivity contribution is 6.05. The summed E-state index contributed by atoms with van der Waals surface area (Å²) in [5.74, 6) is 1.35. The molecule has 4 nitrogen and oxygen atoms in total. The Morgan fingerprint density at radius 1 is 0.893 bits per heavy atom. The maximum atomic E-state index is 12.8. The van der Waals surface area contributed by atoms with Crippen LogP contribution in [-0.4, -0.2) is 13.0 Å². The van der Waals surface area contributed by atoms with Gasteiger partial charge in [-0.1, -0.05) is 30.3 Å². The molecule has 3 rings (SSSR count). The predicted octanol–water partition coefficient (Wildman–Crippen LogP) is 5.45. The maximum Gasteiger partial charge on any atom is 0.255 e. The summed E-state index contributed by atoms with van der Waals surface area (Å²) in [7, 11) is 1.61. The molecule has 1 N–H and O–H groups in total. The molecule has 0 saturated heterocycles. The van der Waals surface area contributed by atoms with Crippen LogP contribution in [0, 0.1) is 20.8 Å². The van der Waals surface area contributed by atoms with Crippen LogP contribution in [0.1, 0.15) is 32.6 Å². The molecule has 0 unspecified atom stereocenters. The van der Waals surface area contributed by atoms with Gasteiger partial charge >= 0.3 is 0 Å². The number of ether oxygens (including phenoxy) is 2. The Morgan fingerprint density at radius 3 is 2.39 bits per heavy atom. The van der Waals surface area contributed by atoms with Gasteiger partial charge in [0.05, 0.1) is 7.11 Å². The maximum absolute atomic E-state index is 12.8. The van der Waals surface area contributed by atoms with Gasteiger partial charge in [0.25, 0.3) is 5.91 Å². The number of amides is 1. The van der Waals surface area contributed by atoms with Crippen LogP contribution in [0.5, 0.6) is 11.5 Å². The number of anilines is 1. The molecule has 0 aromatic heterocycles. The SMILES string of the molecule is COc1ccc(C(=O)Nc2cccc(C)c2C)cc1COc1ccccc1C. The van der Waals surface area contributed by atoms with Crippen molar-refractivity contribution in [3.63, 3.8) is 0 Å². The number of methoxy groups -OCH3 is 1. The number of para-hydroxylation sites is 1. The zero-order chi connectivity index (χ0) is 20.1. The predicted molar refractivity (Wildman–Crippen MR) is 112 cm³/mol. The van der Waals surface area contributed by atoms with E-state index in [4.69, 9.17) is 9.47 Å². The van der Waals surface area contributed by atoms with Crippen molar-refractivity contribution in [3.8, 4) is 11.5 Å². The third kappa shape index (κ3) is 4.34. The van der Waals surface area contributed by atoms with Crippen LogP contribution < -0.4 is 14.8 Å². The zero-order valence-electron chi connectivity index (χ0n) is 16.7. The molecule has 144 valence electrons. The molecular formula is C24H25NO3. The molecule has 4 heteroatoms. The van der Waals surface area contributed by atoms with E-state index < -0.39 is 0 Å². The van der Waals surface area contributed by atoms with Crippen LogP contribution in [0.2, 0.25) is 0 Å². The fourth-order valence-corrected chi connectivity index (χ4v) is 2.99. The van der Waals surface area contributed by atoms with Crippen molar-refractivity contribution in [3.05, 3.63) is 88.5 Å². The van der Waals surface area contributed by atoms with E-state index in [0.29, 0.717) is 17.9 Å². The molecule has 0 heterocycles. The van der Waals surface area contributed by atoms with E-state index >= 15 is 0 Å². The number of rotatable bonds is 6. The lowest BCUT2D eigenvalue weighted by Crippen LogP contribution is -2.14. The molecule has 0 bridgehead atoms. The number of nitrogens with one attached hydrogen (secondary N) is 1. The average Bonchev–Trinajstić information content (AvgIpc) is 2.70. The van der Waals surface area contributed by atoms with Gasteiger partial charge in [0.15, 0.2) is 0 Å². The van der Waals surface area contributed by atoms with Crippen molar-refractivity contribution in [2.45, 2.75) is 27.4 Å².